The third-order valence-electron chi connectivity index (χ3n) is 4.21. The summed E-state index contributed by atoms with van der Waals surface area (Å²) in [7, 11) is 0. The van der Waals surface area contributed by atoms with Crippen LogP contribution in [0.5, 0.6) is 0 Å². The average Bonchev–Trinajstić information content (AvgIpc) is 3.09. The van der Waals surface area contributed by atoms with E-state index in [1.54, 1.807) is 4.90 Å². The Hall–Kier alpha value is -2.32. The molecule has 0 spiro atoms. The normalized spacial score (nSPS) is 21.0. The molecule has 0 bridgehead atoms. The molecule has 1 amide bonds. The molecule has 1 aliphatic rings. The number of aliphatic hydroxyl groups excluding tert-OH is 1. The number of piperidine rings is 1. The zero-order valence-corrected chi connectivity index (χ0v) is 13.4. The molecule has 2 aromatic rings. The first-order valence-corrected chi connectivity index (χ1v) is 8.04. The summed E-state index contributed by atoms with van der Waals surface area (Å²) in [5.74, 6) is 0.441. The van der Waals surface area contributed by atoms with Crippen molar-refractivity contribution < 1.29 is 15.0 Å². The van der Waals surface area contributed by atoms with E-state index < -0.39 is 5.60 Å². The smallest absolute Gasteiger partial charge is 0.224 e. The maximum atomic E-state index is 12.3. The van der Waals surface area contributed by atoms with E-state index in [1.807, 2.05) is 30.3 Å². The number of aliphatic hydroxyl groups is 2. The number of benzene rings is 1. The first-order chi connectivity index (χ1) is 11.6. The molecular weight excluding hydrogens is 310 g/mol. The van der Waals surface area contributed by atoms with E-state index in [0.717, 1.165) is 5.56 Å². The highest BCUT2D eigenvalue weighted by Gasteiger charge is 2.34. The molecule has 1 saturated heterocycles. The van der Waals surface area contributed by atoms with Gasteiger partial charge in [0.05, 0.1) is 19.7 Å². The Kier molecular flexibility index (Phi) is 4.86. The summed E-state index contributed by atoms with van der Waals surface area (Å²) in [6, 6.07) is 9.52. The van der Waals surface area contributed by atoms with E-state index in [2.05, 4.69) is 15.4 Å². The number of aryl methyl sites for hydroxylation is 1. The van der Waals surface area contributed by atoms with Crippen molar-refractivity contribution in [2.75, 3.05) is 19.7 Å². The van der Waals surface area contributed by atoms with Gasteiger partial charge in [0.1, 0.15) is 5.60 Å². The van der Waals surface area contributed by atoms with E-state index in [1.165, 1.54) is 4.80 Å². The predicted molar refractivity (Wildman–Crippen MR) is 85.7 cm³/mol. The number of amides is 1. The second-order valence-corrected chi connectivity index (χ2v) is 6.13. The molecule has 8 heteroatoms. The van der Waals surface area contributed by atoms with Crippen molar-refractivity contribution in [1.29, 1.82) is 0 Å². The molecule has 0 radical (unpaired) electrons. The summed E-state index contributed by atoms with van der Waals surface area (Å²) in [4.78, 5) is 15.3. The van der Waals surface area contributed by atoms with Crippen LogP contribution in [0.15, 0.2) is 30.3 Å². The number of likely N-dealkylation sites (tertiary alicyclic amines) is 1. The van der Waals surface area contributed by atoms with Crippen molar-refractivity contribution in [3.63, 3.8) is 0 Å². The molecule has 1 aromatic heterocycles. The number of tetrazole rings is 1. The van der Waals surface area contributed by atoms with Crippen LogP contribution in [0, 0.1) is 0 Å². The molecule has 1 aromatic carbocycles. The number of carbonyl (C=O) groups excluding carboxylic acids is 1. The number of hydrogen-bond donors (Lipinski definition) is 2. The maximum absolute atomic E-state index is 12.3. The molecule has 2 heterocycles. The van der Waals surface area contributed by atoms with E-state index in [9.17, 15) is 15.0 Å². The molecule has 1 aliphatic heterocycles. The molecule has 24 heavy (non-hydrogen) atoms. The fourth-order valence-corrected chi connectivity index (χ4v) is 2.85. The summed E-state index contributed by atoms with van der Waals surface area (Å²) in [5, 5.41) is 31.6. The molecular formula is C16H21N5O3. The quantitative estimate of drug-likeness (QED) is 0.804. The largest absolute Gasteiger partial charge is 0.393 e. The van der Waals surface area contributed by atoms with E-state index in [-0.39, 0.29) is 25.5 Å². The van der Waals surface area contributed by atoms with Gasteiger partial charge in [-0.25, -0.2) is 0 Å². The van der Waals surface area contributed by atoms with Crippen molar-refractivity contribution in [3.05, 3.63) is 30.3 Å². The number of nitrogens with zero attached hydrogens (tertiary/aromatic N) is 5. The molecule has 1 fully saturated rings. The molecule has 128 valence electrons. The first kappa shape index (κ1) is 16.5. The standard InChI is InChI=1S/C16H21N5O3/c22-12-16(24)8-4-9-20(11-16)14(23)7-10-21-18-15(17-19-21)13-5-2-1-3-6-13/h1-3,5-6,22,24H,4,7-12H2/t16-/m1/s1. The van der Waals surface area contributed by atoms with E-state index in [4.69, 9.17) is 0 Å². The topological polar surface area (TPSA) is 104 Å². The lowest BCUT2D eigenvalue weighted by Crippen LogP contribution is -2.52. The number of β-amino-alcohol motifs (C(OH)–C–C–N with tert-alkyl or cyclic N) is 1. The van der Waals surface area contributed by atoms with Gasteiger partial charge >= 0.3 is 0 Å². The maximum Gasteiger partial charge on any atom is 0.224 e. The third kappa shape index (κ3) is 3.77. The molecule has 3 rings (SSSR count). The van der Waals surface area contributed by atoms with Gasteiger partial charge < -0.3 is 15.1 Å². The van der Waals surface area contributed by atoms with Crippen LogP contribution in [-0.4, -0.2) is 66.5 Å². The summed E-state index contributed by atoms with van der Waals surface area (Å²) in [6.45, 7) is 0.762. The summed E-state index contributed by atoms with van der Waals surface area (Å²) in [5.41, 5.74) is -0.306. The fraction of sp³-hybridized carbons (Fsp3) is 0.500. The van der Waals surface area contributed by atoms with Crippen LogP contribution < -0.4 is 0 Å². The Morgan fingerprint density at radius 2 is 2.08 bits per heavy atom. The molecule has 0 aliphatic carbocycles. The predicted octanol–water partition coefficient (Wildman–Crippen LogP) is 0.0760. The monoisotopic (exact) mass is 331 g/mol. The molecule has 0 saturated carbocycles. The van der Waals surface area contributed by atoms with Crippen molar-refractivity contribution >= 4 is 5.91 Å². The van der Waals surface area contributed by atoms with Crippen LogP contribution in [-0.2, 0) is 11.3 Å². The number of carbonyl (C=O) groups is 1. The second kappa shape index (κ2) is 7.06. The van der Waals surface area contributed by atoms with Gasteiger partial charge in [0.25, 0.3) is 0 Å². The highest BCUT2D eigenvalue weighted by molar-refractivity contribution is 5.76. The van der Waals surface area contributed by atoms with Gasteiger partial charge in [-0.2, -0.15) is 4.80 Å². The van der Waals surface area contributed by atoms with Gasteiger partial charge in [0.2, 0.25) is 11.7 Å². The Morgan fingerprint density at radius 1 is 1.29 bits per heavy atom. The fourth-order valence-electron chi connectivity index (χ4n) is 2.85. The number of hydrogen-bond acceptors (Lipinski definition) is 6. The van der Waals surface area contributed by atoms with Crippen LogP contribution in [0.2, 0.25) is 0 Å². The van der Waals surface area contributed by atoms with Gasteiger partial charge in [0, 0.05) is 18.5 Å². The van der Waals surface area contributed by atoms with E-state index >= 15 is 0 Å². The molecule has 0 unspecified atom stereocenters. The zero-order chi connectivity index (χ0) is 17.0. The molecule has 8 nitrogen and oxygen atoms in total. The van der Waals surface area contributed by atoms with Crippen molar-refractivity contribution in [1.82, 2.24) is 25.1 Å². The van der Waals surface area contributed by atoms with Crippen molar-refractivity contribution in [2.45, 2.75) is 31.4 Å². The lowest BCUT2D eigenvalue weighted by Gasteiger charge is -2.38. The van der Waals surface area contributed by atoms with Gasteiger partial charge in [0.15, 0.2) is 0 Å². The Morgan fingerprint density at radius 3 is 2.83 bits per heavy atom. The minimum atomic E-state index is -1.18. The lowest BCUT2D eigenvalue weighted by atomic mass is 9.93. The average molecular weight is 331 g/mol. The SMILES string of the molecule is O=C(CCn1nnc(-c2ccccc2)n1)N1CCC[C@](O)(CO)C1. The number of rotatable bonds is 5. The molecule has 2 N–H and O–H groups in total. The molecule has 1 atom stereocenters. The van der Waals surface area contributed by atoms with Crippen LogP contribution in [0.4, 0.5) is 0 Å². The second-order valence-electron chi connectivity index (χ2n) is 6.13. The van der Waals surface area contributed by atoms with Crippen molar-refractivity contribution in [2.24, 2.45) is 0 Å². The van der Waals surface area contributed by atoms with Crippen molar-refractivity contribution in [3.8, 4) is 11.4 Å². The third-order valence-corrected chi connectivity index (χ3v) is 4.21. The van der Waals surface area contributed by atoms with E-state index in [0.29, 0.717) is 31.8 Å². The van der Waals surface area contributed by atoms with Gasteiger partial charge in [-0.3, -0.25) is 4.79 Å². The van der Waals surface area contributed by atoms with Crippen LogP contribution in [0.3, 0.4) is 0 Å². The van der Waals surface area contributed by atoms with Crippen LogP contribution >= 0.6 is 0 Å². The highest BCUT2D eigenvalue weighted by atomic mass is 16.3. The lowest BCUT2D eigenvalue weighted by molar-refractivity contribution is -0.141. The van der Waals surface area contributed by atoms with Gasteiger partial charge in [-0.05, 0) is 18.1 Å². The zero-order valence-electron chi connectivity index (χ0n) is 13.4. The summed E-state index contributed by atoms with van der Waals surface area (Å²) < 4.78 is 0. The first-order valence-electron chi connectivity index (χ1n) is 8.04. The minimum absolute atomic E-state index is 0.0832. The number of aromatic nitrogens is 4. The van der Waals surface area contributed by atoms with Crippen LogP contribution in [0.1, 0.15) is 19.3 Å². The minimum Gasteiger partial charge on any atom is -0.393 e. The van der Waals surface area contributed by atoms with Gasteiger partial charge in [-0.1, -0.05) is 30.3 Å². The highest BCUT2D eigenvalue weighted by Crippen LogP contribution is 2.21. The Labute approximate surface area is 139 Å². The summed E-state index contributed by atoms with van der Waals surface area (Å²) in [6.07, 6.45) is 1.42. The summed E-state index contributed by atoms with van der Waals surface area (Å²) >= 11 is 0. The van der Waals surface area contributed by atoms with Crippen LogP contribution in [0.25, 0.3) is 11.4 Å². The van der Waals surface area contributed by atoms with Gasteiger partial charge in [-0.15, -0.1) is 10.2 Å². The Balaban J connectivity index is 1.56. The Bertz CT molecular complexity index is 690.